The fourth-order valence-electron chi connectivity index (χ4n) is 2.78. The van der Waals surface area contributed by atoms with Crippen molar-refractivity contribution in [3.05, 3.63) is 42.1 Å². The van der Waals surface area contributed by atoms with E-state index in [1.165, 1.54) is 23.9 Å². The molecule has 0 radical (unpaired) electrons. The maximum Gasteiger partial charge on any atom is 0.323 e. The van der Waals surface area contributed by atoms with Gasteiger partial charge >= 0.3 is 5.97 Å². The molecule has 1 aromatic rings. The van der Waals surface area contributed by atoms with Crippen molar-refractivity contribution in [2.24, 2.45) is 0 Å². The smallest absolute Gasteiger partial charge is 0.323 e. The Kier molecular flexibility index (Phi) is 6.58. The summed E-state index contributed by atoms with van der Waals surface area (Å²) >= 11 is 1.47. The quantitative estimate of drug-likeness (QED) is 0.743. The van der Waals surface area contributed by atoms with Gasteiger partial charge in [0.15, 0.2) is 0 Å². The van der Waals surface area contributed by atoms with Gasteiger partial charge in [-0.1, -0.05) is 0 Å². The standard InChI is InChI=1S/C18H23NO5S2/c1-4-5-6-12-24-14-7-9-15(10-8-14)26(22,23)19-11-13-25-18(2,3)16(19)17(20)21/h4,6-10,16H,11-13H2,1-3H3,(H,20,21)/t5?,16-/m0/s1. The van der Waals surface area contributed by atoms with E-state index in [0.717, 1.165) is 4.31 Å². The van der Waals surface area contributed by atoms with Gasteiger partial charge < -0.3 is 9.84 Å². The second-order valence-corrected chi connectivity index (χ2v) is 9.89. The number of rotatable bonds is 6. The highest BCUT2D eigenvalue weighted by Gasteiger charge is 2.48. The Labute approximate surface area is 158 Å². The number of aliphatic carboxylic acids is 1. The molecule has 1 N–H and O–H groups in total. The summed E-state index contributed by atoms with van der Waals surface area (Å²) < 4.78 is 31.8. The summed E-state index contributed by atoms with van der Waals surface area (Å²) in [4.78, 5) is 11.8. The minimum atomic E-state index is -3.91. The second kappa shape index (κ2) is 8.31. The maximum atomic E-state index is 13.0. The molecule has 2 rings (SSSR count). The fraction of sp³-hybridized carbons (Fsp3) is 0.444. The van der Waals surface area contributed by atoms with Crippen molar-refractivity contribution in [1.29, 1.82) is 0 Å². The van der Waals surface area contributed by atoms with Crippen molar-refractivity contribution >= 4 is 27.8 Å². The molecule has 1 aliphatic heterocycles. The highest BCUT2D eigenvalue weighted by atomic mass is 32.2. The van der Waals surface area contributed by atoms with E-state index in [9.17, 15) is 18.3 Å². The normalized spacial score (nSPS) is 20.0. The first-order valence-electron chi connectivity index (χ1n) is 8.17. The van der Waals surface area contributed by atoms with Gasteiger partial charge in [-0.15, -0.1) is 5.73 Å². The fourth-order valence-corrected chi connectivity index (χ4v) is 5.88. The number of carboxylic acids is 1. The van der Waals surface area contributed by atoms with Crippen LogP contribution in [0, 0.1) is 0 Å². The monoisotopic (exact) mass is 397 g/mol. The highest BCUT2D eigenvalue weighted by molar-refractivity contribution is 8.00. The Morgan fingerprint density at radius 2 is 2.08 bits per heavy atom. The van der Waals surface area contributed by atoms with E-state index >= 15 is 0 Å². The van der Waals surface area contributed by atoms with Crippen LogP contribution < -0.4 is 4.74 Å². The van der Waals surface area contributed by atoms with Crippen LogP contribution in [0.1, 0.15) is 20.8 Å². The molecule has 1 saturated heterocycles. The number of sulfonamides is 1. The van der Waals surface area contributed by atoms with E-state index in [1.54, 1.807) is 38.1 Å². The summed E-state index contributed by atoms with van der Waals surface area (Å²) in [6.45, 7) is 5.86. The van der Waals surface area contributed by atoms with Crippen LogP contribution in [0.4, 0.5) is 0 Å². The van der Waals surface area contributed by atoms with Crippen molar-refractivity contribution < 1.29 is 23.1 Å². The van der Waals surface area contributed by atoms with E-state index in [-0.39, 0.29) is 11.4 Å². The SMILES string of the molecule is CC=C=CCOc1ccc(S(=O)(=O)N2CCSC(C)(C)[C@@H]2C(=O)O)cc1. The van der Waals surface area contributed by atoms with Crippen molar-refractivity contribution in [3.63, 3.8) is 0 Å². The van der Waals surface area contributed by atoms with Gasteiger partial charge in [0.25, 0.3) is 0 Å². The van der Waals surface area contributed by atoms with Gasteiger partial charge in [-0.2, -0.15) is 16.1 Å². The lowest BCUT2D eigenvalue weighted by molar-refractivity contribution is -0.142. The number of carbonyl (C=O) groups is 1. The summed E-state index contributed by atoms with van der Waals surface area (Å²) in [5.74, 6) is -0.0574. The molecule has 8 heteroatoms. The topological polar surface area (TPSA) is 83.9 Å². The number of carboxylic acid groups (broad SMARTS) is 1. The zero-order valence-electron chi connectivity index (χ0n) is 15.0. The van der Waals surface area contributed by atoms with E-state index in [0.29, 0.717) is 18.1 Å². The summed E-state index contributed by atoms with van der Waals surface area (Å²) in [5, 5.41) is 9.59. The van der Waals surface area contributed by atoms with Gasteiger partial charge in [0.2, 0.25) is 10.0 Å². The highest BCUT2D eigenvalue weighted by Crippen LogP contribution is 2.38. The van der Waals surface area contributed by atoms with Crippen molar-refractivity contribution in [1.82, 2.24) is 4.31 Å². The molecular weight excluding hydrogens is 374 g/mol. The Hall–Kier alpha value is -1.73. The zero-order chi connectivity index (χ0) is 19.4. The minimum Gasteiger partial charge on any atom is -0.489 e. The molecule has 0 spiro atoms. The van der Waals surface area contributed by atoms with Crippen LogP contribution in [0.25, 0.3) is 0 Å². The number of ether oxygens (including phenoxy) is 1. The van der Waals surface area contributed by atoms with Gasteiger partial charge in [-0.25, -0.2) is 8.42 Å². The van der Waals surface area contributed by atoms with E-state index in [2.05, 4.69) is 5.73 Å². The van der Waals surface area contributed by atoms with Gasteiger partial charge in [0.1, 0.15) is 18.4 Å². The average molecular weight is 398 g/mol. The summed E-state index contributed by atoms with van der Waals surface area (Å²) in [5.41, 5.74) is 2.89. The van der Waals surface area contributed by atoms with E-state index in [4.69, 9.17) is 4.74 Å². The van der Waals surface area contributed by atoms with Crippen molar-refractivity contribution in [2.45, 2.75) is 36.5 Å². The van der Waals surface area contributed by atoms with Crippen LogP contribution in [0.3, 0.4) is 0 Å². The molecule has 142 valence electrons. The van der Waals surface area contributed by atoms with Crippen LogP contribution in [0.5, 0.6) is 5.75 Å². The predicted octanol–water partition coefficient (Wildman–Crippen LogP) is 2.77. The molecule has 0 amide bonds. The molecule has 26 heavy (non-hydrogen) atoms. The minimum absolute atomic E-state index is 0.0581. The molecule has 0 unspecified atom stereocenters. The number of hydrogen-bond acceptors (Lipinski definition) is 5. The largest absolute Gasteiger partial charge is 0.489 e. The summed E-state index contributed by atoms with van der Waals surface area (Å²) in [6, 6.07) is 4.90. The molecule has 1 heterocycles. The first-order valence-corrected chi connectivity index (χ1v) is 10.6. The van der Waals surface area contributed by atoms with Crippen molar-refractivity contribution in [3.8, 4) is 5.75 Å². The Bertz CT molecular complexity index is 808. The van der Waals surface area contributed by atoms with Crippen LogP contribution >= 0.6 is 11.8 Å². The number of thioether (sulfide) groups is 1. The van der Waals surface area contributed by atoms with Crippen LogP contribution in [-0.2, 0) is 14.8 Å². The molecule has 1 aliphatic rings. The molecule has 0 bridgehead atoms. The van der Waals surface area contributed by atoms with E-state index in [1.807, 2.05) is 6.92 Å². The third kappa shape index (κ3) is 4.51. The molecule has 0 saturated carbocycles. The van der Waals surface area contributed by atoms with Gasteiger partial charge in [0.05, 0.1) is 4.90 Å². The lowest BCUT2D eigenvalue weighted by Crippen LogP contribution is -2.58. The van der Waals surface area contributed by atoms with Crippen LogP contribution in [0.2, 0.25) is 0 Å². The molecular formula is C18H23NO5S2. The predicted molar refractivity (Wildman–Crippen MR) is 102 cm³/mol. The first kappa shape index (κ1) is 20.6. The molecule has 0 aromatic heterocycles. The number of hydrogen-bond donors (Lipinski definition) is 1. The molecule has 6 nitrogen and oxygen atoms in total. The number of benzene rings is 1. The van der Waals surface area contributed by atoms with Gasteiger partial charge in [0, 0.05) is 17.0 Å². The summed E-state index contributed by atoms with van der Waals surface area (Å²) in [7, 11) is -3.91. The zero-order valence-corrected chi connectivity index (χ0v) is 16.6. The van der Waals surface area contributed by atoms with Crippen molar-refractivity contribution in [2.75, 3.05) is 18.9 Å². The molecule has 0 aliphatic carbocycles. The van der Waals surface area contributed by atoms with Crippen LogP contribution in [0.15, 0.2) is 47.0 Å². The van der Waals surface area contributed by atoms with Gasteiger partial charge in [-0.3, -0.25) is 4.79 Å². The van der Waals surface area contributed by atoms with Crippen LogP contribution in [-0.4, -0.2) is 53.5 Å². The molecule has 1 fully saturated rings. The second-order valence-electron chi connectivity index (χ2n) is 6.25. The Morgan fingerprint density at radius 3 is 2.65 bits per heavy atom. The molecule has 1 aromatic carbocycles. The maximum absolute atomic E-state index is 13.0. The van der Waals surface area contributed by atoms with E-state index < -0.39 is 26.8 Å². The summed E-state index contributed by atoms with van der Waals surface area (Å²) in [6.07, 6.45) is 3.48. The third-order valence-electron chi connectivity index (χ3n) is 4.01. The lowest BCUT2D eigenvalue weighted by atomic mass is 10.0. The van der Waals surface area contributed by atoms with Gasteiger partial charge in [-0.05, 0) is 57.2 Å². The first-order chi connectivity index (χ1) is 12.2. The average Bonchev–Trinajstić information content (AvgIpc) is 2.57. The third-order valence-corrected chi connectivity index (χ3v) is 7.25. The Morgan fingerprint density at radius 1 is 1.42 bits per heavy atom. The number of nitrogens with zero attached hydrogens (tertiary/aromatic N) is 1. The lowest BCUT2D eigenvalue weighted by Gasteiger charge is -2.42. The Balaban J connectivity index is 2.25. The molecule has 1 atom stereocenters.